The highest BCUT2D eigenvalue weighted by Gasteiger charge is 2.35. The molecule has 2 aromatic carbocycles. The molecule has 0 saturated heterocycles. The monoisotopic (exact) mass is 579 g/mol. The average molecular weight is 580 g/mol. The molecule has 2 aromatic heterocycles. The molecule has 0 radical (unpaired) electrons. The van der Waals surface area contributed by atoms with Crippen molar-refractivity contribution in [2.24, 2.45) is 7.05 Å². The molecule has 0 atom stereocenters. The highest BCUT2D eigenvalue weighted by Crippen LogP contribution is 2.32. The van der Waals surface area contributed by atoms with Crippen LogP contribution in [-0.2, 0) is 26.3 Å². The number of benzene rings is 2. The van der Waals surface area contributed by atoms with Crippen molar-refractivity contribution in [2.45, 2.75) is 26.2 Å². The van der Waals surface area contributed by atoms with Gasteiger partial charge in [0, 0.05) is 56.0 Å². The summed E-state index contributed by atoms with van der Waals surface area (Å²) < 4.78 is 39.9. The lowest BCUT2D eigenvalue weighted by molar-refractivity contribution is -0.141. The molecule has 4 aromatic rings. The van der Waals surface area contributed by atoms with E-state index >= 15 is 0 Å². The number of fused-ring (bicyclic) bond motifs is 1. The van der Waals surface area contributed by atoms with Gasteiger partial charge in [-0.05, 0) is 42.8 Å². The van der Waals surface area contributed by atoms with Crippen LogP contribution in [0.2, 0.25) is 0 Å². The second kappa shape index (κ2) is 11.0. The van der Waals surface area contributed by atoms with E-state index in [1.165, 1.54) is 11.9 Å². The standard InChI is InChI=1S/C28H28F3N9O2/c1-16-8-9-19(34-26(41)22-12-23(28(29,30)31)37-39(22)4)11-21(16)40-15-17-13-33-24(35-25(17)36-27(40)42)14-32-18-6-5-7-20(10-18)38(2)3/h5-13,32H,14-15H2,1-4H3,(H,34,41)(H,33,35,36,42). The van der Waals surface area contributed by atoms with Crippen LogP contribution in [0.4, 0.5) is 46.5 Å². The predicted octanol–water partition coefficient (Wildman–Crippen LogP) is 5.02. The van der Waals surface area contributed by atoms with E-state index in [0.717, 1.165) is 21.6 Å². The number of aromatic nitrogens is 4. The first-order valence-electron chi connectivity index (χ1n) is 12.9. The Labute approximate surface area is 239 Å². The smallest absolute Gasteiger partial charge is 0.378 e. The molecule has 0 unspecified atom stereocenters. The van der Waals surface area contributed by atoms with Crippen LogP contribution in [-0.4, -0.2) is 45.8 Å². The lowest BCUT2D eigenvalue weighted by Crippen LogP contribution is -2.39. The van der Waals surface area contributed by atoms with Crippen molar-refractivity contribution in [3.05, 3.63) is 83.1 Å². The number of anilines is 5. The van der Waals surface area contributed by atoms with Crippen molar-refractivity contribution in [2.75, 3.05) is 39.8 Å². The summed E-state index contributed by atoms with van der Waals surface area (Å²) in [5, 5.41) is 12.1. The van der Waals surface area contributed by atoms with Gasteiger partial charge in [-0.15, -0.1) is 0 Å². The predicted molar refractivity (Wildman–Crippen MR) is 153 cm³/mol. The maximum Gasteiger partial charge on any atom is 0.435 e. The molecule has 3 N–H and O–H groups in total. The van der Waals surface area contributed by atoms with Gasteiger partial charge in [-0.2, -0.15) is 18.3 Å². The van der Waals surface area contributed by atoms with Crippen LogP contribution in [0, 0.1) is 6.92 Å². The van der Waals surface area contributed by atoms with Gasteiger partial charge in [-0.1, -0.05) is 12.1 Å². The lowest BCUT2D eigenvalue weighted by atomic mass is 10.1. The number of nitrogens with zero attached hydrogens (tertiary/aromatic N) is 6. The fourth-order valence-electron chi connectivity index (χ4n) is 4.42. The molecule has 42 heavy (non-hydrogen) atoms. The molecule has 0 aliphatic carbocycles. The van der Waals surface area contributed by atoms with Crippen molar-refractivity contribution in [3.8, 4) is 0 Å². The van der Waals surface area contributed by atoms with E-state index in [-0.39, 0.29) is 12.2 Å². The van der Waals surface area contributed by atoms with Crippen molar-refractivity contribution in [3.63, 3.8) is 0 Å². The maximum absolute atomic E-state index is 13.1. The molecule has 14 heteroatoms. The summed E-state index contributed by atoms with van der Waals surface area (Å²) in [4.78, 5) is 38.3. The minimum Gasteiger partial charge on any atom is -0.378 e. The number of urea groups is 1. The Morgan fingerprint density at radius 2 is 1.90 bits per heavy atom. The molecular weight excluding hydrogens is 551 g/mol. The molecule has 0 fully saturated rings. The van der Waals surface area contributed by atoms with E-state index in [4.69, 9.17) is 0 Å². The Balaban J connectivity index is 1.30. The number of carbonyl (C=O) groups excluding carboxylic acids is 2. The van der Waals surface area contributed by atoms with E-state index in [1.54, 1.807) is 31.3 Å². The minimum absolute atomic E-state index is 0.175. The van der Waals surface area contributed by atoms with Crippen molar-refractivity contribution < 1.29 is 22.8 Å². The summed E-state index contributed by atoms with van der Waals surface area (Å²) in [5.41, 5.74) is 2.76. The summed E-state index contributed by atoms with van der Waals surface area (Å²) in [6, 6.07) is 13.1. The summed E-state index contributed by atoms with van der Waals surface area (Å²) in [6.45, 7) is 2.33. The first kappa shape index (κ1) is 28.4. The molecule has 1 aliphatic heterocycles. The largest absolute Gasteiger partial charge is 0.435 e. The van der Waals surface area contributed by atoms with Crippen molar-refractivity contribution in [1.82, 2.24) is 19.7 Å². The molecule has 3 amide bonds. The van der Waals surface area contributed by atoms with Crippen LogP contribution in [0.15, 0.2) is 54.7 Å². The number of amides is 3. The summed E-state index contributed by atoms with van der Waals surface area (Å²) in [7, 11) is 5.18. The van der Waals surface area contributed by atoms with Crippen molar-refractivity contribution in [1.29, 1.82) is 0 Å². The second-order valence-corrected chi connectivity index (χ2v) is 9.97. The third-order valence-corrected chi connectivity index (χ3v) is 6.69. The van der Waals surface area contributed by atoms with Gasteiger partial charge in [0.15, 0.2) is 5.69 Å². The third-order valence-electron chi connectivity index (χ3n) is 6.69. The number of carbonyl (C=O) groups is 2. The molecule has 1 aliphatic rings. The van der Waals surface area contributed by atoms with Crippen LogP contribution in [0.3, 0.4) is 0 Å². The molecule has 0 saturated carbocycles. The summed E-state index contributed by atoms with van der Waals surface area (Å²) >= 11 is 0. The summed E-state index contributed by atoms with van der Waals surface area (Å²) in [6.07, 6.45) is -3.02. The number of hydrogen-bond acceptors (Lipinski definition) is 7. The van der Waals surface area contributed by atoms with Crippen LogP contribution in [0.25, 0.3) is 0 Å². The molecule has 218 valence electrons. The van der Waals surface area contributed by atoms with Crippen LogP contribution in [0.5, 0.6) is 0 Å². The fourth-order valence-corrected chi connectivity index (χ4v) is 4.42. The van der Waals surface area contributed by atoms with Gasteiger partial charge in [0.1, 0.15) is 17.3 Å². The lowest BCUT2D eigenvalue weighted by Gasteiger charge is -2.30. The molecule has 11 nitrogen and oxygen atoms in total. The third kappa shape index (κ3) is 5.96. The van der Waals surface area contributed by atoms with Gasteiger partial charge in [0.2, 0.25) is 0 Å². The number of alkyl halides is 3. The Morgan fingerprint density at radius 1 is 1.12 bits per heavy atom. The van der Waals surface area contributed by atoms with Gasteiger partial charge in [0.05, 0.1) is 18.8 Å². The normalized spacial score (nSPS) is 12.9. The first-order valence-corrected chi connectivity index (χ1v) is 12.9. The second-order valence-electron chi connectivity index (χ2n) is 9.97. The quantitative estimate of drug-likeness (QED) is 0.281. The number of aryl methyl sites for hydroxylation is 2. The van der Waals surface area contributed by atoms with Crippen molar-refractivity contribution >= 4 is 40.5 Å². The van der Waals surface area contributed by atoms with E-state index in [0.29, 0.717) is 41.2 Å². The summed E-state index contributed by atoms with van der Waals surface area (Å²) in [5.74, 6) is 0.137. The molecule has 5 rings (SSSR count). The van der Waals surface area contributed by atoms with E-state index in [1.807, 2.05) is 43.3 Å². The van der Waals surface area contributed by atoms with Crippen LogP contribution in [0.1, 0.15) is 33.1 Å². The highest BCUT2D eigenvalue weighted by atomic mass is 19.4. The number of halogens is 3. The minimum atomic E-state index is -4.68. The Bertz CT molecular complexity index is 1670. The zero-order valence-electron chi connectivity index (χ0n) is 23.2. The van der Waals surface area contributed by atoms with Gasteiger partial charge in [-0.3, -0.25) is 19.7 Å². The molecule has 3 heterocycles. The fraction of sp³-hybridized carbons (Fsp3) is 0.250. The van der Waals surface area contributed by atoms with Gasteiger partial charge in [0.25, 0.3) is 5.91 Å². The van der Waals surface area contributed by atoms with E-state index < -0.39 is 23.8 Å². The maximum atomic E-state index is 13.1. The topological polar surface area (TPSA) is 120 Å². The Morgan fingerprint density at radius 3 is 2.62 bits per heavy atom. The van der Waals surface area contributed by atoms with Crippen LogP contribution >= 0.6 is 0 Å². The van der Waals surface area contributed by atoms with Gasteiger partial charge < -0.3 is 15.5 Å². The van der Waals surface area contributed by atoms with E-state index in [9.17, 15) is 22.8 Å². The Hall–Kier alpha value is -5.14. The zero-order chi connectivity index (χ0) is 30.2. The number of hydrogen-bond donors (Lipinski definition) is 3. The zero-order valence-corrected chi connectivity index (χ0v) is 23.2. The van der Waals surface area contributed by atoms with Gasteiger partial charge >= 0.3 is 12.2 Å². The highest BCUT2D eigenvalue weighted by molar-refractivity contribution is 6.06. The molecule has 0 bridgehead atoms. The molecule has 0 spiro atoms. The SMILES string of the molecule is Cc1ccc(NC(=O)c2cc(C(F)(F)F)nn2C)cc1N1Cc2cnc(CNc3cccc(N(C)C)c3)nc2NC1=O. The number of rotatable bonds is 7. The van der Waals surface area contributed by atoms with E-state index in [2.05, 4.69) is 31.0 Å². The first-order chi connectivity index (χ1) is 19.9. The molecular formula is C28H28F3N9O2. The average Bonchev–Trinajstić information content (AvgIpc) is 3.35. The Kier molecular flexibility index (Phi) is 7.45. The van der Waals surface area contributed by atoms with Crippen LogP contribution < -0.4 is 25.8 Å². The number of nitrogens with one attached hydrogen (secondary N) is 3. The van der Waals surface area contributed by atoms with Gasteiger partial charge in [-0.25, -0.2) is 14.8 Å².